The lowest BCUT2D eigenvalue weighted by molar-refractivity contribution is 1.18. The first-order valence-corrected chi connectivity index (χ1v) is 25.5. The maximum Gasteiger partial charge on any atom is 0.0619 e. The van der Waals surface area contributed by atoms with Crippen LogP contribution in [0.3, 0.4) is 0 Å². The molecule has 0 aliphatic rings. The highest BCUT2D eigenvalue weighted by molar-refractivity contribution is 6.22. The van der Waals surface area contributed by atoms with Gasteiger partial charge in [0, 0.05) is 39.1 Å². The van der Waals surface area contributed by atoms with Crippen LogP contribution in [0.5, 0.6) is 0 Å². The van der Waals surface area contributed by atoms with Crippen molar-refractivity contribution in [3.63, 3.8) is 0 Å². The fraction of sp³-hybridized carbons (Fsp3) is 0. The molecule has 0 amide bonds. The molecule has 0 aliphatic carbocycles. The van der Waals surface area contributed by atoms with Crippen LogP contribution in [0.1, 0.15) is 0 Å². The topological polar surface area (TPSA) is 8.17 Å². The van der Waals surface area contributed by atoms with Crippen molar-refractivity contribution in [1.29, 1.82) is 0 Å². The largest absolute Gasteiger partial charge is 0.310 e. The first-order chi connectivity index (χ1) is 36.7. The number of rotatable bonds is 9. The normalized spacial score (nSPS) is 11.5. The maximum atomic E-state index is 2.43. The Morgan fingerprint density at radius 3 is 1.49 bits per heavy atom. The van der Waals surface area contributed by atoms with Crippen molar-refractivity contribution < 1.29 is 0 Å². The molecule has 0 spiro atoms. The molecule has 14 rings (SSSR count). The van der Waals surface area contributed by atoms with Gasteiger partial charge < -0.3 is 9.47 Å². The van der Waals surface area contributed by atoms with Crippen LogP contribution < -0.4 is 4.90 Å². The summed E-state index contributed by atoms with van der Waals surface area (Å²) in [5, 5.41) is 9.93. The lowest BCUT2D eigenvalue weighted by Gasteiger charge is -2.27. The first-order valence-electron chi connectivity index (χ1n) is 25.5. The molecular weight excluding hydrogens is 893 g/mol. The maximum absolute atomic E-state index is 2.43. The van der Waals surface area contributed by atoms with Crippen LogP contribution in [0.4, 0.5) is 17.1 Å². The van der Waals surface area contributed by atoms with E-state index in [-0.39, 0.29) is 0 Å². The van der Waals surface area contributed by atoms with Crippen molar-refractivity contribution in [3.8, 4) is 61.3 Å². The highest BCUT2D eigenvalue weighted by Gasteiger charge is 2.21. The van der Waals surface area contributed by atoms with Gasteiger partial charge in [-0.3, -0.25) is 0 Å². The number of benzene rings is 13. The molecule has 0 fully saturated rings. The monoisotopic (exact) mass is 940 g/mol. The van der Waals surface area contributed by atoms with Crippen molar-refractivity contribution in [3.05, 3.63) is 291 Å². The number of para-hydroxylation sites is 3. The first kappa shape index (κ1) is 43.1. The Hall–Kier alpha value is -9.76. The van der Waals surface area contributed by atoms with Crippen molar-refractivity contribution >= 4 is 71.2 Å². The summed E-state index contributed by atoms with van der Waals surface area (Å²) in [6.07, 6.45) is 0. The van der Waals surface area contributed by atoms with Gasteiger partial charge in [-0.15, -0.1) is 0 Å². The fourth-order valence-electron chi connectivity index (χ4n) is 11.5. The molecule has 0 atom stereocenters. The number of anilines is 3. The van der Waals surface area contributed by atoms with Crippen LogP contribution >= 0.6 is 0 Å². The summed E-state index contributed by atoms with van der Waals surface area (Å²) in [5.41, 5.74) is 18.7. The molecule has 14 aromatic rings. The van der Waals surface area contributed by atoms with Crippen LogP contribution in [0.2, 0.25) is 0 Å². The summed E-state index contributed by atoms with van der Waals surface area (Å²) < 4.78 is 2.43. The molecule has 2 heteroatoms. The lowest BCUT2D eigenvalue weighted by atomic mass is 9.84. The molecule has 0 N–H and O–H groups in total. The standard InChI is InChI=1S/C72H48N2/c1-4-20-51(21-5-1)70-66-33-13-12-31-63(66)64-44-41-56(48-68(64)71(70)52-22-6-2-7-23-52)50-39-42-59(43-40-50)73(60-29-16-25-54(46-60)55-38-37-49-19-10-11-24-53(49)45-55)61-30-17-26-57(47-61)62-34-18-35-67-65-32-14-15-36-69(65)74(72(62)67)58-27-8-3-9-28-58/h1-48H. The predicted molar refractivity (Wildman–Crippen MR) is 315 cm³/mol. The number of fused-ring (bicyclic) bond motifs is 7. The number of aromatic nitrogens is 1. The molecule has 346 valence electrons. The highest BCUT2D eigenvalue weighted by atomic mass is 15.1. The van der Waals surface area contributed by atoms with Crippen LogP contribution in [0, 0.1) is 0 Å². The minimum Gasteiger partial charge on any atom is -0.310 e. The van der Waals surface area contributed by atoms with Crippen molar-refractivity contribution in [2.75, 3.05) is 4.90 Å². The van der Waals surface area contributed by atoms with Gasteiger partial charge in [0.15, 0.2) is 0 Å². The number of hydrogen-bond donors (Lipinski definition) is 0. The molecule has 2 nitrogen and oxygen atoms in total. The van der Waals surface area contributed by atoms with E-state index in [1.807, 2.05) is 0 Å². The SMILES string of the molecule is c1ccc(-c2c(-c3ccccc3)c3cc(-c4ccc(N(c5cccc(-c6ccc7ccccc7c6)c5)c5cccc(-c6cccc7c8ccccc8n(-c8ccccc8)c67)c5)cc4)ccc3c3ccccc23)cc1. The van der Waals surface area contributed by atoms with E-state index in [1.54, 1.807) is 0 Å². The summed E-state index contributed by atoms with van der Waals surface area (Å²) >= 11 is 0. The van der Waals surface area contributed by atoms with E-state index in [2.05, 4.69) is 301 Å². The van der Waals surface area contributed by atoms with E-state index in [9.17, 15) is 0 Å². The molecule has 0 unspecified atom stereocenters. The Kier molecular flexibility index (Phi) is 10.6. The Bertz CT molecular complexity index is 4400. The predicted octanol–water partition coefficient (Wildman–Crippen LogP) is 20.0. The molecule has 0 aliphatic heterocycles. The molecular formula is C72H48N2. The Morgan fingerprint density at radius 2 is 0.743 bits per heavy atom. The molecule has 1 heterocycles. The third-order valence-electron chi connectivity index (χ3n) is 14.9. The molecule has 0 radical (unpaired) electrons. The summed E-state index contributed by atoms with van der Waals surface area (Å²) in [6, 6.07) is 107. The molecule has 13 aromatic carbocycles. The Labute approximate surface area is 430 Å². The van der Waals surface area contributed by atoms with Gasteiger partial charge in [-0.25, -0.2) is 0 Å². The van der Waals surface area contributed by atoms with Crippen LogP contribution in [0.25, 0.3) is 115 Å². The average molecular weight is 941 g/mol. The van der Waals surface area contributed by atoms with E-state index in [1.165, 1.54) is 93.1 Å². The van der Waals surface area contributed by atoms with Gasteiger partial charge in [0.25, 0.3) is 0 Å². The zero-order valence-corrected chi connectivity index (χ0v) is 40.6. The van der Waals surface area contributed by atoms with Crippen molar-refractivity contribution in [2.24, 2.45) is 0 Å². The third-order valence-corrected chi connectivity index (χ3v) is 14.9. The quantitative estimate of drug-likeness (QED) is 0.131. The van der Waals surface area contributed by atoms with Crippen LogP contribution in [-0.2, 0) is 0 Å². The zero-order valence-electron chi connectivity index (χ0n) is 40.6. The highest BCUT2D eigenvalue weighted by Crippen LogP contribution is 2.47. The molecule has 0 saturated carbocycles. The summed E-state index contributed by atoms with van der Waals surface area (Å²) in [7, 11) is 0. The van der Waals surface area contributed by atoms with E-state index in [4.69, 9.17) is 0 Å². The van der Waals surface area contributed by atoms with Crippen molar-refractivity contribution in [1.82, 2.24) is 4.57 Å². The third kappa shape index (κ3) is 7.43. The van der Waals surface area contributed by atoms with E-state index >= 15 is 0 Å². The second-order valence-electron chi connectivity index (χ2n) is 19.2. The van der Waals surface area contributed by atoms with Gasteiger partial charge in [0.2, 0.25) is 0 Å². The van der Waals surface area contributed by atoms with Gasteiger partial charge in [-0.2, -0.15) is 0 Å². The zero-order chi connectivity index (χ0) is 49.0. The molecule has 74 heavy (non-hydrogen) atoms. The van der Waals surface area contributed by atoms with Crippen LogP contribution in [0.15, 0.2) is 291 Å². The van der Waals surface area contributed by atoms with Gasteiger partial charge in [0.05, 0.1) is 11.0 Å². The molecule has 0 bridgehead atoms. The van der Waals surface area contributed by atoms with Crippen molar-refractivity contribution in [2.45, 2.75) is 0 Å². The van der Waals surface area contributed by atoms with Gasteiger partial charge in [0.1, 0.15) is 0 Å². The minimum atomic E-state index is 1.07. The van der Waals surface area contributed by atoms with E-state index in [0.29, 0.717) is 0 Å². The van der Waals surface area contributed by atoms with Gasteiger partial charge in [-0.05, 0) is 149 Å². The molecule has 0 saturated heterocycles. The summed E-state index contributed by atoms with van der Waals surface area (Å²) in [5.74, 6) is 0. The second-order valence-corrected chi connectivity index (χ2v) is 19.2. The van der Waals surface area contributed by atoms with E-state index in [0.717, 1.165) is 39.4 Å². The fourth-order valence-corrected chi connectivity index (χ4v) is 11.5. The number of nitrogens with zero attached hydrogens (tertiary/aromatic N) is 2. The Morgan fingerprint density at radius 1 is 0.243 bits per heavy atom. The van der Waals surface area contributed by atoms with Gasteiger partial charge in [-0.1, -0.05) is 224 Å². The van der Waals surface area contributed by atoms with Gasteiger partial charge >= 0.3 is 0 Å². The summed E-state index contributed by atoms with van der Waals surface area (Å²) in [4.78, 5) is 2.41. The Balaban J connectivity index is 0.933. The number of hydrogen-bond acceptors (Lipinski definition) is 1. The van der Waals surface area contributed by atoms with Crippen LogP contribution in [-0.4, -0.2) is 4.57 Å². The smallest absolute Gasteiger partial charge is 0.0619 e. The minimum absolute atomic E-state index is 1.07. The summed E-state index contributed by atoms with van der Waals surface area (Å²) in [6.45, 7) is 0. The van der Waals surface area contributed by atoms with E-state index < -0.39 is 0 Å². The average Bonchev–Trinajstić information content (AvgIpc) is 3.83. The molecule has 1 aromatic heterocycles. The lowest BCUT2D eigenvalue weighted by Crippen LogP contribution is -2.10. The second kappa shape index (κ2) is 18.1.